The van der Waals surface area contributed by atoms with E-state index < -0.39 is 22.7 Å². The topological polar surface area (TPSA) is 48.0 Å². The number of likely N-dealkylation sites (N-methyl/N-ethyl adjacent to an activating group) is 1. The molecule has 0 aromatic carbocycles. The van der Waals surface area contributed by atoms with Crippen LogP contribution in [0.2, 0.25) is 36.3 Å². The second-order valence-electron chi connectivity index (χ2n) is 18.6. The molecule has 0 radical (unpaired) electrons. The molecule has 45 heavy (non-hydrogen) atoms. The molecule has 4 aliphatic rings. The largest absolute Gasteiger partial charge is 0.414 e. The minimum atomic E-state index is -2.05. The molecule has 8 atom stereocenters. The first-order valence-corrected chi connectivity index (χ1v) is 23.5. The molecule has 0 N–H and O–H groups in total. The van der Waals surface area contributed by atoms with Crippen LogP contribution >= 0.6 is 0 Å². The van der Waals surface area contributed by atoms with Gasteiger partial charge in [-0.15, -0.1) is 0 Å². The van der Waals surface area contributed by atoms with Crippen molar-refractivity contribution in [2.24, 2.45) is 22.7 Å². The predicted molar refractivity (Wildman–Crippen MR) is 193 cm³/mol. The highest BCUT2D eigenvalue weighted by Crippen LogP contribution is 2.65. The number of nitrogens with zero attached hydrogens (tertiary/aromatic N) is 1. The number of amides is 1. The molecule has 4 aliphatic carbocycles. The smallest absolute Gasteiger partial charge is 0.250 e. The van der Waals surface area contributed by atoms with Crippen molar-refractivity contribution in [3.63, 3.8) is 0 Å². The van der Waals surface area contributed by atoms with Gasteiger partial charge in [-0.2, -0.15) is 0 Å². The maximum Gasteiger partial charge on any atom is 0.250 e. The first-order chi connectivity index (χ1) is 20.4. The number of carbonyl (C=O) groups excluding carboxylic acids is 1. The van der Waals surface area contributed by atoms with E-state index in [1.54, 1.807) is 24.6 Å². The Labute approximate surface area is 278 Å². The van der Waals surface area contributed by atoms with Gasteiger partial charge in [-0.1, -0.05) is 84.8 Å². The van der Waals surface area contributed by atoms with E-state index in [9.17, 15) is 4.79 Å². The van der Waals surface area contributed by atoms with Crippen LogP contribution in [0.15, 0.2) is 34.9 Å². The predicted octanol–water partition coefficient (Wildman–Crippen LogP) is 9.68. The highest BCUT2D eigenvalue weighted by molar-refractivity contribution is 6.74. The van der Waals surface area contributed by atoms with Gasteiger partial charge in [-0.25, -0.2) is 0 Å². The van der Waals surface area contributed by atoms with Gasteiger partial charge in [0, 0.05) is 19.5 Å². The fourth-order valence-corrected chi connectivity index (χ4v) is 11.2. The van der Waals surface area contributed by atoms with Gasteiger partial charge >= 0.3 is 0 Å². The summed E-state index contributed by atoms with van der Waals surface area (Å²) in [4.78, 5) is 14.2. The summed E-state index contributed by atoms with van der Waals surface area (Å²) in [5, 5.41) is 0.321. The molecule has 0 bridgehead atoms. The molecule has 1 amide bonds. The van der Waals surface area contributed by atoms with Crippen molar-refractivity contribution in [2.75, 3.05) is 14.1 Å². The van der Waals surface area contributed by atoms with Crippen molar-refractivity contribution in [2.45, 2.75) is 162 Å². The summed E-state index contributed by atoms with van der Waals surface area (Å²) in [5.74, 6) is 0.950. The summed E-state index contributed by atoms with van der Waals surface area (Å²) in [6, 6.07) is 0. The SMILES string of the molecule is CC(O[C@@H](C)C(=O)N(C)C)C1=CC[C@H]2C3=CC=C4C[C@@H](O[Si](C)(C)C(C)(C)C)C[C@H](O[Si](C)(C)C(C)(C)C)[C@]4(C)[C@H]3CC[C@]12C. The molecule has 0 aromatic rings. The molecule has 256 valence electrons. The Bertz CT molecular complexity index is 1230. The summed E-state index contributed by atoms with van der Waals surface area (Å²) in [5.41, 5.74) is 4.54. The molecule has 0 heterocycles. The molecule has 0 aliphatic heterocycles. The van der Waals surface area contributed by atoms with E-state index in [1.807, 2.05) is 6.92 Å². The zero-order valence-electron chi connectivity index (χ0n) is 31.8. The van der Waals surface area contributed by atoms with E-state index in [0.717, 1.165) is 32.1 Å². The molecule has 7 heteroatoms. The normalized spacial score (nSPS) is 33.6. The van der Waals surface area contributed by atoms with Gasteiger partial charge < -0.3 is 18.5 Å². The van der Waals surface area contributed by atoms with Gasteiger partial charge in [0.25, 0.3) is 5.91 Å². The third-order valence-electron chi connectivity index (χ3n) is 13.4. The van der Waals surface area contributed by atoms with E-state index in [4.69, 9.17) is 13.6 Å². The fraction of sp³-hybridized carbons (Fsp3) is 0.816. The first-order valence-electron chi connectivity index (χ1n) is 17.7. The van der Waals surface area contributed by atoms with Crippen molar-refractivity contribution in [1.29, 1.82) is 0 Å². The highest BCUT2D eigenvalue weighted by atomic mass is 28.4. The van der Waals surface area contributed by atoms with Crippen LogP contribution in [0.3, 0.4) is 0 Å². The van der Waals surface area contributed by atoms with Gasteiger partial charge in [0.15, 0.2) is 16.6 Å². The van der Waals surface area contributed by atoms with Gasteiger partial charge in [-0.3, -0.25) is 4.79 Å². The number of fused-ring (bicyclic) bond motifs is 5. The summed E-state index contributed by atoms with van der Waals surface area (Å²) < 4.78 is 21.0. The number of ether oxygens (including phenoxy) is 1. The first kappa shape index (κ1) is 36.8. The summed E-state index contributed by atoms with van der Waals surface area (Å²) in [6.07, 6.45) is 12.5. The van der Waals surface area contributed by atoms with Crippen molar-refractivity contribution in [3.8, 4) is 0 Å². The maximum absolute atomic E-state index is 12.6. The van der Waals surface area contributed by atoms with Crippen molar-refractivity contribution < 1.29 is 18.4 Å². The van der Waals surface area contributed by atoms with Crippen LogP contribution in [0.4, 0.5) is 0 Å². The average molecular weight is 658 g/mol. The Morgan fingerprint density at radius 2 is 1.51 bits per heavy atom. The second-order valence-corrected chi connectivity index (χ2v) is 28.1. The number of rotatable bonds is 8. The molecule has 2 fully saturated rings. The van der Waals surface area contributed by atoms with Crippen LogP contribution in [0.1, 0.15) is 101 Å². The van der Waals surface area contributed by atoms with E-state index in [2.05, 4.69) is 107 Å². The van der Waals surface area contributed by atoms with Crippen molar-refractivity contribution >= 4 is 22.5 Å². The number of hydrogen-bond donors (Lipinski definition) is 0. The Morgan fingerprint density at radius 3 is 2.07 bits per heavy atom. The molecule has 4 rings (SSSR count). The van der Waals surface area contributed by atoms with Crippen LogP contribution in [0.5, 0.6) is 0 Å². The molecular weight excluding hydrogens is 591 g/mol. The van der Waals surface area contributed by atoms with Crippen LogP contribution < -0.4 is 0 Å². The Hall–Kier alpha value is -0.996. The summed E-state index contributed by atoms with van der Waals surface area (Å²) in [6.45, 7) is 32.8. The molecular formula is C38H67NO4Si2. The van der Waals surface area contributed by atoms with Crippen LogP contribution in [-0.4, -0.2) is 66.0 Å². The van der Waals surface area contributed by atoms with Crippen LogP contribution in [0.25, 0.3) is 0 Å². The van der Waals surface area contributed by atoms with Crippen molar-refractivity contribution in [1.82, 2.24) is 4.90 Å². The lowest BCUT2D eigenvalue weighted by molar-refractivity contribution is -0.142. The lowest BCUT2D eigenvalue weighted by Gasteiger charge is -2.59. The minimum absolute atomic E-state index is 0.0207. The molecule has 0 saturated heterocycles. The average Bonchev–Trinajstić information content (AvgIpc) is 3.24. The highest BCUT2D eigenvalue weighted by Gasteiger charge is 2.59. The lowest BCUT2D eigenvalue weighted by Crippen LogP contribution is -2.58. The van der Waals surface area contributed by atoms with E-state index in [1.165, 1.54) is 11.1 Å². The standard InChI is InChI=1S/C38H67NO4Si2/c1-25(41-26(2)34(40)39(11)12)30-19-20-31-29-18-17-27-23-28(42-44(13,14)35(3,4)5)24-33(43-45(15,16)36(6,7)8)38(27,10)32(29)21-22-37(30,31)9/h17-19,25-26,28,31-33H,20-24H2,1-16H3/t25?,26-,28+,31-,32-,33-,37+,38-/m0/s1. The molecule has 0 aromatic heterocycles. The van der Waals surface area contributed by atoms with Gasteiger partial charge in [-0.05, 0) is 105 Å². The Balaban J connectivity index is 1.67. The number of hydrogen-bond acceptors (Lipinski definition) is 4. The number of allylic oxidation sites excluding steroid dienone is 4. The zero-order chi connectivity index (χ0) is 34.1. The quantitative estimate of drug-likeness (QED) is 0.193. The second kappa shape index (κ2) is 12.2. The molecule has 0 spiro atoms. The van der Waals surface area contributed by atoms with E-state index in [0.29, 0.717) is 11.8 Å². The van der Waals surface area contributed by atoms with Crippen molar-refractivity contribution in [3.05, 3.63) is 34.9 Å². The van der Waals surface area contributed by atoms with E-state index in [-0.39, 0.29) is 45.1 Å². The Kier molecular flexibility index (Phi) is 9.95. The van der Waals surface area contributed by atoms with Gasteiger partial charge in [0.05, 0.1) is 18.3 Å². The van der Waals surface area contributed by atoms with Crippen LogP contribution in [-0.2, 0) is 18.4 Å². The monoisotopic (exact) mass is 657 g/mol. The van der Waals surface area contributed by atoms with E-state index >= 15 is 0 Å². The third kappa shape index (κ3) is 6.56. The lowest BCUT2D eigenvalue weighted by atomic mass is 9.49. The van der Waals surface area contributed by atoms with Gasteiger partial charge in [0.1, 0.15) is 6.10 Å². The van der Waals surface area contributed by atoms with Gasteiger partial charge in [0.2, 0.25) is 0 Å². The number of carbonyl (C=O) groups is 1. The third-order valence-corrected chi connectivity index (χ3v) is 22.4. The summed E-state index contributed by atoms with van der Waals surface area (Å²) in [7, 11) is -0.382. The fourth-order valence-electron chi connectivity index (χ4n) is 8.44. The summed E-state index contributed by atoms with van der Waals surface area (Å²) >= 11 is 0. The Morgan fingerprint density at radius 1 is 0.933 bits per heavy atom. The molecule has 5 nitrogen and oxygen atoms in total. The van der Waals surface area contributed by atoms with Crippen LogP contribution in [0, 0.1) is 22.7 Å². The maximum atomic E-state index is 12.6. The molecule has 2 saturated carbocycles. The zero-order valence-corrected chi connectivity index (χ0v) is 33.8. The minimum Gasteiger partial charge on any atom is -0.414 e. The molecule has 1 unspecified atom stereocenters.